The van der Waals surface area contributed by atoms with Gasteiger partial charge >= 0.3 is 0 Å². The number of carbonyl (C=O) groups is 1. The van der Waals surface area contributed by atoms with Crippen LogP contribution in [0.25, 0.3) is 0 Å². The second-order valence-electron chi connectivity index (χ2n) is 5.78. The van der Waals surface area contributed by atoms with Crippen LogP contribution in [0.5, 0.6) is 23.0 Å². The molecule has 8 nitrogen and oxygen atoms in total. The molecule has 0 aromatic heterocycles. The van der Waals surface area contributed by atoms with Crippen LogP contribution in [-0.4, -0.2) is 38.7 Å². The van der Waals surface area contributed by atoms with Gasteiger partial charge in [-0.25, -0.2) is 5.43 Å². The fourth-order valence-corrected chi connectivity index (χ4v) is 2.56. The molecule has 1 amide bonds. The van der Waals surface area contributed by atoms with Crippen molar-refractivity contribution in [3.8, 4) is 23.0 Å². The van der Waals surface area contributed by atoms with Crippen molar-refractivity contribution in [1.29, 1.82) is 0 Å². The van der Waals surface area contributed by atoms with Gasteiger partial charge in [-0.1, -0.05) is 0 Å². The molecule has 0 fully saturated rings. The van der Waals surface area contributed by atoms with Crippen molar-refractivity contribution in [3.05, 3.63) is 42.0 Å². The molecule has 1 aliphatic heterocycles. The molecule has 148 valence electrons. The first kappa shape index (κ1) is 19.3. The lowest BCUT2D eigenvalue weighted by molar-refractivity contribution is -0.119. The summed E-state index contributed by atoms with van der Waals surface area (Å²) in [5.74, 6) is 2.44. The topological polar surface area (TPSA) is 90.4 Å². The van der Waals surface area contributed by atoms with Gasteiger partial charge in [0.15, 0.2) is 11.5 Å². The van der Waals surface area contributed by atoms with E-state index < -0.39 is 0 Å². The lowest BCUT2D eigenvalue weighted by atomic mass is 10.2. The van der Waals surface area contributed by atoms with E-state index in [0.717, 1.165) is 17.0 Å². The molecule has 0 aliphatic carbocycles. The average Bonchev–Trinajstić information content (AvgIpc) is 3.16. The number of nitrogens with one attached hydrogen (secondary N) is 2. The quantitative estimate of drug-likeness (QED) is 0.510. The summed E-state index contributed by atoms with van der Waals surface area (Å²) in [6.45, 7) is 5.19. The third kappa shape index (κ3) is 5.06. The van der Waals surface area contributed by atoms with E-state index in [9.17, 15) is 4.79 Å². The van der Waals surface area contributed by atoms with E-state index in [0.29, 0.717) is 30.5 Å². The molecule has 2 aromatic rings. The number of ether oxygens (including phenoxy) is 4. The third-order valence-electron chi connectivity index (χ3n) is 3.81. The van der Waals surface area contributed by atoms with Crippen LogP contribution in [0.4, 0.5) is 5.69 Å². The highest BCUT2D eigenvalue weighted by Gasteiger charge is 2.13. The number of fused-ring (bicyclic) bond motifs is 1. The van der Waals surface area contributed by atoms with Gasteiger partial charge in [0.1, 0.15) is 11.5 Å². The molecule has 2 aromatic carbocycles. The van der Waals surface area contributed by atoms with E-state index in [-0.39, 0.29) is 19.2 Å². The monoisotopic (exact) mass is 385 g/mol. The van der Waals surface area contributed by atoms with Crippen molar-refractivity contribution in [2.45, 2.75) is 13.8 Å². The molecule has 0 bridgehead atoms. The van der Waals surface area contributed by atoms with E-state index in [2.05, 4.69) is 15.8 Å². The van der Waals surface area contributed by atoms with Crippen LogP contribution in [-0.2, 0) is 4.79 Å². The molecular formula is C20H23N3O5. The van der Waals surface area contributed by atoms with Crippen molar-refractivity contribution in [2.24, 2.45) is 5.10 Å². The lowest BCUT2D eigenvalue weighted by Crippen LogP contribution is -2.25. The summed E-state index contributed by atoms with van der Waals surface area (Å²) < 4.78 is 21.6. The lowest BCUT2D eigenvalue weighted by Gasteiger charge is -2.10. The first-order valence-corrected chi connectivity index (χ1v) is 9.04. The zero-order valence-corrected chi connectivity index (χ0v) is 15.9. The van der Waals surface area contributed by atoms with Gasteiger partial charge in [-0.15, -0.1) is 0 Å². The molecule has 1 aliphatic rings. The van der Waals surface area contributed by atoms with Crippen LogP contribution in [0.2, 0.25) is 0 Å². The number of hydrogen-bond donors (Lipinski definition) is 2. The zero-order chi connectivity index (χ0) is 19.8. The number of benzene rings is 2. The Labute approximate surface area is 163 Å². The van der Waals surface area contributed by atoms with Crippen LogP contribution in [0.1, 0.15) is 19.4 Å². The Morgan fingerprint density at radius 3 is 2.75 bits per heavy atom. The molecule has 0 radical (unpaired) electrons. The van der Waals surface area contributed by atoms with Gasteiger partial charge < -0.3 is 24.3 Å². The average molecular weight is 385 g/mol. The summed E-state index contributed by atoms with van der Waals surface area (Å²) in [6, 6.07) is 10.9. The molecular weight excluding hydrogens is 362 g/mol. The van der Waals surface area contributed by atoms with Crippen LogP contribution in [0.15, 0.2) is 41.5 Å². The van der Waals surface area contributed by atoms with Gasteiger partial charge in [-0.2, -0.15) is 5.10 Å². The minimum absolute atomic E-state index is 0.0680. The second-order valence-corrected chi connectivity index (χ2v) is 5.78. The number of hydrogen-bond acceptors (Lipinski definition) is 7. The van der Waals surface area contributed by atoms with Gasteiger partial charge in [0.2, 0.25) is 6.79 Å². The number of amides is 1. The molecule has 0 unspecified atom stereocenters. The number of carbonyl (C=O) groups excluding carboxylic acids is 1. The Bertz CT molecular complexity index is 854. The van der Waals surface area contributed by atoms with Gasteiger partial charge in [0.25, 0.3) is 5.91 Å². The van der Waals surface area contributed by atoms with E-state index >= 15 is 0 Å². The van der Waals surface area contributed by atoms with E-state index in [4.69, 9.17) is 18.9 Å². The predicted octanol–water partition coefficient (Wildman–Crippen LogP) is 2.77. The van der Waals surface area contributed by atoms with Crippen molar-refractivity contribution < 1.29 is 23.7 Å². The molecule has 2 N–H and O–H groups in total. The standard InChI is InChI=1S/C20H23N3O5/c1-3-25-16-7-5-14(18(10-16)26-4-2)11-22-23-20(24)12-21-15-6-8-17-19(9-15)28-13-27-17/h5-11,21H,3-4,12-13H2,1-2H3,(H,23,24)/b22-11-. The van der Waals surface area contributed by atoms with Crippen LogP contribution >= 0.6 is 0 Å². The fourth-order valence-electron chi connectivity index (χ4n) is 2.56. The van der Waals surface area contributed by atoms with Gasteiger partial charge in [-0.05, 0) is 38.1 Å². The fraction of sp³-hybridized carbons (Fsp3) is 0.300. The van der Waals surface area contributed by atoms with Crippen LogP contribution in [0, 0.1) is 0 Å². The molecule has 1 heterocycles. The summed E-state index contributed by atoms with van der Waals surface area (Å²) in [5.41, 5.74) is 3.99. The largest absolute Gasteiger partial charge is 0.494 e. The molecule has 8 heteroatoms. The summed E-state index contributed by atoms with van der Waals surface area (Å²) >= 11 is 0. The van der Waals surface area contributed by atoms with Crippen molar-refractivity contribution in [3.63, 3.8) is 0 Å². The van der Waals surface area contributed by atoms with Crippen molar-refractivity contribution >= 4 is 17.8 Å². The van der Waals surface area contributed by atoms with Gasteiger partial charge in [-0.3, -0.25) is 4.79 Å². The summed E-state index contributed by atoms with van der Waals surface area (Å²) in [6.07, 6.45) is 1.54. The van der Waals surface area contributed by atoms with Gasteiger partial charge in [0, 0.05) is 23.4 Å². The first-order valence-electron chi connectivity index (χ1n) is 9.04. The highest BCUT2D eigenvalue weighted by Crippen LogP contribution is 2.34. The minimum atomic E-state index is -0.280. The maximum Gasteiger partial charge on any atom is 0.259 e. The third-order valence-corrected chi connectivity index (χ3v) is 3.81. The van der Waals surface area contributed by atoms with Crippen molar-refractivity contribution in [2.75, 3.05) is 31.9 Å². The van der Waals surface area contributed by atoms with Crippen LogP contribution < -0.4 is 29.7 Å². The second kappa shape index (κ2) is 9.50. The SMILES string of the molecule is CCOc1ccc(/C=N\NC(=O)CNc2ccc3c(c2)OCO3)c(OCC)c1. The maximum absolute atomic E-state index is 12.0. The van der Waals surface area contributed by atoms with E-state index in [1.165, 1.54) is 0 Å². The Morgan fingerprint density at radius 1 is 1.11 bits per heavy atom. The molecule has 3 rings (SSSR count). The number of hydrazone groups is 1. The van der Waals surface area contributed by atoms with Crippen molar-refractivity contribution in [1.82, 2.24) is 5.43 Å². The van der Waals surface area contributed by atoms with Crippen LogP contribution in [0.3, 0.4) is 0 Å². The molecule has 0 saturated heterocycles. The predicted molar refractivity (Wildman–Crippen MR) is 106 cm³/mol. The first-order chi connectivity index (χ1) is 13.7. The number of rotatable bonds is 9. The molecule has 28 heavy (non-hydrogen) atoms. The smallest absolute Gasteiger partial charge is 0.259 e. The summed E-state index contributed by atoms with van der Waals surface area (Å²) in [4.78, 5) is 12.0. The normalized spacial score (nSPS) is 12.1. The Kier molecular flexibility index (Phi) is 6.56. The molecule has 0 atom stereocenters. The van der Waals surface area contributed by atoms with E-state index in [1.807, 2.05) is 32.0 Å². The van der Waals surface area contributed by atoms with Gasteiger partial charge in [0.05, 0.1) is 26.0 Å². The Morgan fingerprint density at radius 2 is 1.93 bits per heavy atom. The Hall–Kier alpha value is -3.42. The summed E-state index contributed by atoms with van der Waals surface area (Å²) in [5, 5.41) is 7.01. The highest BCUT2D eigenvalue weighted by molar-refractivity contribution is 5.86. The zero-order valence-electron chi connectivity index (χ0n) is 15.9. The molecule has 0 saturated carbocycles. The minimum Gasteiger partial charge on any atom is -0.494 e. The Balaban J connectivity index is 1.53. The maximum atomic E-state index is 12.0. The van der Waals surface area contributed by atoms with E-state index in [1.54, 1.807) is 24.4 Å². The number of anilines is 1. The summed E-state index contributed by atoms with van der Waals surface area (Å²) in [7, 11) is 0. The number of nitrogens with zero attached hydrogens (tertiary/aromatic N) is 1. The molecule has 0 spiro atoms. The highest BCUT2D eigenvalue weighted by atomic mass is 16.7.